The molecule has 10 nitrogen and oxygen atoms in total. The first-order valence-corrected chi connectivity index (χ1v) is 9.91. The number of rotatable bonds is 8. The highest BCUT2D eigenvalue weighted by Crippen LogP contribution is 2.32. The van der Waals surface area contributed by atoms with Crippen LogP contribution in [0.3, 0.4) is 0 Å². The summed E-state index contributed by atoms with van der Waals surface area (Å²) in [7, 11) is 1.83. The lowest BCUT2D eigenvalue weighted by molar-refractivity contribution is -0.105. The number of carbonyl (C=O) groups excluding carboxylic acids is 1. The zero-order chi connectivity index (χ0) is 23.3. The van der Waals surface area contributed by atoms with Crippen LogP contribution in [0.2, 0.25) is 0 Å². The molecule has 0 radical (unpaired) electrons. The van der Waals surface area contributed by atoms with Crippen molar-refractivity contribution in [1.82, 2.24) is 19.5 Å². The quantitative estimate of drug-likeness (QED) is 0.315. The summed E-state index contributed by atoms with van der Waals surface area (Å²) in [6.45, 7) is 5.57. The Morgan fingerprint density at radius 1 is 1.44 bits per heavy atom. The number of pyridine rings is 2. The number of anilines is 1. The van der Waals surface area contributed by atoms with Crippen LogP contribution in [0.25, 0.3) is 11.2 Å². The number of aliphatic imine (C=N–C) groups is 1. The number of amidine groups is 1. The van der Waals surface area contributed by atoms with Gasteiger partial charge in [0.25, 0.3) is 0 Å². The van der Waals surface area contributed by atoms with Gasteiger partial charge in [-0.2, -0.15) is 15.2 Å². The number of fused-ring (bicyclic) bond motifs is 1. The first-order valence-electron chi connectivity index (χ1n) is 9.91. The number of nitrogens with zero attached hydrogens (tertiary/aromatic N) is 6. The van der Waals surface area contributed by atoms with Crippen LogP contribution in [0.4, 0.5) is 11.8 Å². The summed E-state index contributed by atoms with van der Waals surface area (Å²) in [6.07, 6.45) is 7.65. The average molecular weight is 432 g/mol. The predicted octanol–water partition coefficient (Wildman–Crippen LogP) is 3.38. The van der Waals surface area contributed by atoms with E-state index in [2.05, 4.69) is 31.3 Å². The fourth-order valence-electron chi connectivity index (χ4n) is 2.97. The van der Waals surface area contributed by atoms with Crippen LogP contribution in [0.1, 0.15) is 26.3 Å². The van der Waals surface area contributed by atoms with E-state index in [-0.39, 0.29) is 5.84 Å². The van der Waals surface area contributed by atoms with Gasteiger partial charge in [0.15, 0.2) is 11.4 Å². The van der Waals surface area contributed by atoms with Gasteiger partial charge in [-0.1, -0.05) is 13.0 Å². The lowest BCUT2D eigenvalue weighted by Gasteiger charge is -2.12. The van der Waals surface area contributed by atoms with E-state index in [1.165, 1.54) is 0 Å². The van der Waals surface area contributed by atoms with Gasteiger partial charge in [-0.05, 0) is 32.4 Å². The number of ether oxygens (including phenoxy) is 1. The largest absolute Gasteiger partial charge is 0.455 e. The lowest BCUT2D eigenvalue weighted by Crippen LogP contribution is -2.11. The topological polar surface area (TPSA) is 144 Å². The number of carbonyl (C=O) groups is 1. The van der Waals surface area contributed by atoms with Gasteiger partial charge in [-0.15, -0.1) is 0 Å². The Morgan fingerprint density at radius 3 is 2.91 bits per heavy atom. The third kappa shape index (κ3) is 4.89. The number of hydrogen-bond donors (Lipinski definition) is 2. The summed E-state index contributed by atoms with van der Waals surface area (Å²) in [5.41, 5.74) is 7.56. The number of aryl methyl sites for hydroxylation is 2. The van der Waals surface area contributed by atoms with Crippen LogP contribution in [-0.4, -0.2) is 31.8 Å². The van der Waals surface area contributed by atoms with Crippen molar-refractivity contribution in [2.75, 3.05) is 5.32 Å². The molecule has 0 bridgehead atoms. The zero-order valence-corrected chi connectivity index (χ0v) is 18.3. The van der Waals surface area contributed by atoms with Crippen molar-refractivity contribution in [2.24, 2.45) is 23.2 Å². The summed E-state index contributed by atoms with van der Waals surface area (Å²) in [5, 5.41) is 11.6. The number of nitrogens with two attached hydrogens (primary N) is 1. The van der Waals surface area contributed by atoms with Crippen molar-refractivity contribution < 1.29 is 9.53 Å². The molecule has 164 valence electrons. The smallest absolute Gasteiger partial charge is 0.233 e. The van der Waals surface area contributed by atoms with E-state index in [4.69, 9.17) is 15.7 Å². The Bertz CT molecular complexity index is 1250. The fourth-order valence-corrected chi connectivity index (χ4v) is 2.97. The van der Waals surface area contributed by atoms with E-state index in [0.29, 0.717) is 41.7 Å². The minimum absolute atomic E-state index is 0.230. The molecular weight excluding hydrogens is 408 g/mol. The molecule has 3 heterocycles. The third-order valence-corrected chi connectivity index (χ3v) is 4.65. The number of aromatic nitrogens is 4. The highest BCUT2D eigenvalue weighted by Gasteiger charge is 2.17. The van der Waals surface area contributed by atoms with Gasteiger partial charge < -0.3 is 20.4 Å². The minimum Gasteiger partial charge on any atom is -0.455 e. The molecule has 0 aliphatic heterocycles. The van der Waals surface area contributed by atoms with E-state index in [1.807, 2.05) is 14.0 Å². The van der Waals surface area contributed by atoms with Crippen LogP contribution in [-0.2, 0) is 18.3 Å². The van der Waals surface area contributed by atoms with E-state index < -0.39 is 5.41 Å². The van der Waals surface area contributed by atoms with Gasteiger partial charge in [0, 0.05) is 24.9 Å². The summed E-state index contributed by atoms with van der Waals surface area (Å²) >= 11 is 0. The average Bonchev–Trinajstić information content (AvgIpc) is 3.08. The normalized spacial score (nSPS) is 12.2. The molecule has 1 amide bonds. The lowest BCUT2D eigenvalue weighted by atomic mass is 9.95. The van der Waals surface area contributed by atoms with Crippen molar-refractivity contribution in [3.8, 4) is 17.6 Å². The monoisotopic (exact) mass is 432 g/mol. The van der Waals surface area contributed by atoms with Crippen molar-refractivity contribution in [1.29, 1.82) is 5.26 Å². The molecule has 0 aliphatic rings. The second kappa shape index (κ2) is 9.26. The number of allylic oxidation sites excluding steroid dienone is 1. The Labute approximate surface area is 185 Å². The number of nitriles is 1. The van der Waals surface area contributed by atoms with E-state index in [0.717, 1.165) is 11.1 Å². The highest BCUT2D eigenvalue weighted by molar-refractivity contribution is 5.93. The SMILES string of the molecule is CCc1c(Oc2ccnc(NC=O)c2)cnc2nc(N=C(N)/C=C/C(C)(C)C#N)n(C)c12. The van der Waals surface area contributed by atoms with E-state index in [1.54, 1.807) is 55.1 Å². The second-order valence-corrected chi connectivity index (χ2v) is 7.54. The van der Waals surface area contributed by atoms with Gasteiger partial charge in [0.05, 0.1) is 23.2 Å². The first-order chi connectivity index (χ1) is 15.3. The van der Waals surface area contributed by atoms with Gasteiger partial charge in [-0.25, -0.2) is 9.97 Å². The molecule has 3 aromatic heterocycles. The molecule has 0 saturated carbocycles. The van der Waals surface area contributed by atoms with Crippen molar-refractivity contribution >= 4 is 35.2 Å². The van der Waals surface area contributed by atoms with Crippen molar-refractivity contribution in [3.63, 3.8) is 0 Å². The molecule has 0 atom stereocenters. The van der Waals surface area contributed by atoms with Gasteiger partial charge in [0.1, 0.15) is 17.4 Å². The summed E-state index contributed by atoms with van der Waals surface area (Å²) in [5.74, 6) is 2.07. The van der Waals surface area contributed by atoms with Gasteiger partial charge >= 0.3 is 0 Å². The van der Waals surface area contributed by atoms with Crippen LogP contribution in [0.15, 0.2) is 41.7 Å². The number of imidazole rings is 1. The fraction of sp³-hybridized carbons (Fsp3) is 0.273. The molecule has 0 aliphatic carbocycles. The highest BCUT2D eigenvalue weighted by atomic mass is 16.5. The maximum Gasteiger partial charge on any atom is 0.233 e. The molecule has 3 rings (SSSR count). The van der Waals surface area contributed by atoms with Gasteiger partial charge in [-0.3, -0.25) is 4.79 Å². The first kappa shape index (κ1) is 22.4. The molecule has 3 N–H and O–H groups in total. The number of hydrogen-bond acceptors (Lipinski definition) is 7. The summed E-state index contributed by atoms with van der Waals surface area (Å²) in [4.78, 5) is 28.0. The Balaban J connectivity index is 1.99. The molecular formula is C22H24N8O2. The molecule has 0 fully saturated rings. The van der Waals surface area contributed by atoms with Crippen LogP contribution in [0, 0.1) is 16.7 Å². The molecule has 0 unspecified atom stereocenters. The molecule has 0 aromatic carbocycles. The molecule has 0 saturated heterocycles. The predicted molar refractivity (Wildman–Crippen MR) is 122 cm³/mol. The molecule has 32 heavy (non-hydrogen) atoms. The standard InChI is InChI=1S/C22H24N8O2/c1-5-15-16(32-14-7-9-25-18(10-14)27-13-31)11-26-20-19(15)30(4)21(29-20)28-17(24)6-8-22(2,3)12-23/h6-11,13H,5H2,1-4H3,(H,25,27,31)(H2,24,26,28,29)/b8-6+. The van der Waals surface area contributed by atoms with E-state index >= 15 is 0 Å². The summed E-state index contributed by atoms with van der Waals surface area (Å²) in [6, 6.07) is 5.48. The van der Waals surface area contributed by atoms with Crippen molar-refractivity contribution in [2.45, 2.75) is 27.2 Å². The molecule has 3 aromatic rings. The number of amides is 1. The summed E-state index contributed by atoms with van der Waals surface area (Å²) < 4.78 is 7.83. The number of nitrogens with one attached hydrogen (secondary N) is 1. The van der Waals surface area contributed by atoms with E-state index in [9.17, 15) is 4.79 Å². The Kier molecular flexibility index (Phi) is 6.49. The van der Waals surface area contributed by atoms with Crippen LogP contribution >= 0.6 is 0 Å². The maximum atomic E-state index is 10.7. The van der Waals surface area contributed by atoms with Crippen LogP contribution in [0.5, 0.6) is 11.5 Å². The van der Waals surface area contributed by atoms with Crippen LogP contribution < -0.4 is 15.8 Å². The minimum atomic E-state index is -0.649. The zero-order valence-electron chi connectivity index (χ0n) is 18.3. The third-order valence-electron chi connectivity index (χ3n) is 4.65. The Morgan fingerprint density at radius 2 is 2.22 bits per heavy atom. The molecule has 10 heteroatoms. The second-order valence-electron chi connectivity index (χ2n) is 7.54. The molecule has 0 spiro atoms. The van der Waals surface area contributed by atoms with Crippen molar-refractivity contribution in [3.05, 3.63) is 42.2 Å². The van der Waals surface area contributed by atoms with Gasteiger partial charge in [0.2, 0.25) is 12.4 Å². The Hall–Kier alpha value is -4.26. The maximum absolute atomic E-state index is 10.7.